The van der Waals surface area contributed by atoms with E-state index in [1.807, 2.05) is 12.1 Å². The highest BCUT2D eigenvalue weighted by Crippen LogP contribution is 2.30. The smallest absolute Gasteiger partial charge is 0.119 e. The van der Waals surface area contributed by atoms with Crippen LogP contribution in [0.5, 0.6) is 5.75 Å². The number of fused-ring (bicyclic) bond motifs is 2. The number of imidazole rings is 1. The molecule has 0 spiro atoms. The molecular weight excluding hydrogens is 336 g/mol. The summed E-state index contributed by atoms with van der Waals surface area (Å²) in [5, 5.41) is 2.39. The molecule has 0 aliphatic heterocycles. The van der Waals surface area contributed by atoms with Crippen molar-refractivity contribution < 1.29 is 9.47 Å². The Kier molecular flexibility index (Phi) is 4.82. The van der Waals surface area contributed by atoms with Crippen LogP contribution >= 0.6 is 0 Å². The monoisotopic (exact) mass is 360 g/mol. The maximum Gasteiger partial charge on any atom is 0.119 e. The molecule has 0 N–H and O–H groups in total. The van der Waals surface area contributed by atoms with Gasteiger partial charge >= 0.3 is 0 Å². The van der Waals surface area contributed by atoms with E-state index in [4.69, 9.17) is 14.5 Å². The maximum absolute atomic E-state index is 5.33. The summed E-state index contributed by atoms with van der Waals surface area (Å²) in [6.45, 7) is 3.67. The molecule has 4 nitrogen and oxygen atoms in total. The molecule has 27 heavy (non-hydrogen) atoms. The SMILES string of the molecule is COCCn1c([C@H](C)c2ccc3cc(OC)ccc3c2)nc2ccccc21. The molecule has 0 saturated carbocycles. The second kappa shape index (κ2) is 7.41. The Morgan fingerprint density at radius 2 is 1.74 bits per heavy atom. The molecule has 1 aromatic heterocycles. The predicted octanol–water partition coefficient (Wildman–Crippen LogP) is 5.00. The Balaban J connectivity index is 1.77. The first-order valence-electron chi connectivity index (χ1n) is 9.23. The summed E-state index contributed by atoms with van der Waals surface area (Å²) in [6, 6.07) is 21.1. The minimum Gasteiger partial charge on any atom is -0.497 e. The van der Waals surface area contributed by atoms with Crippen molar-refractivity contribution in [2.24, 2.45) is 0 Å². The molecule has 0 bridgehead atoms. The van der Waals surface area contributed by atoms with Gasteiger partial charge in [-0.1, -0.05) is 43.3 Å². The zero-order chi connectivity index (χ0) is 18.8. The number of nitrogens with zero attached hydrogens (tertiary/aromatic N) is 2. The fourth-order valence-corrected chi connectivity index (χ4v) is 3.63. The fraction of sp³-hybridized carbons (Fsp3) is 0.261. The highest BCUT2D eigenvalue weighted by atomic mass is 16.5. The van der Waals surface area contributed by atoms with E-state index in [1.165, 1.54) is 16.3 Å². The zero-order valence-electron chi connectivity index (χ0n) is 16.0. The number of para-hydroxylation sites is 2. The Hall–Kier alpha value is -2.85. The average molecular weight is 360 g/mol. The van der Waals surface area contributed by atoms with Crippen LogP contribution in [0.3, 0.4) is 0 Å². The number of hydrogen-bond acceptors (Lipinski definition) is 3. The van der Waals surface area contributed by atoms with E-state index < -0.39 is 0 Å². The first kappa shape index (κ1) is 17.6. The average Bonchev–Trinajstić information content (AvgIpc) is 3.09. The van der Waals surface area contributed by atoms with Gasteiger partial charge < -0.3 is 14.0 Å². The van der Waals surface area contributed by atoms with Gasteiger partial charge in [-0.05, 0) is 40.6 Å². The third-order valence-corrected chi connectivity index (χ3v) is 5.16. The molecule has 4 rings (SSSR count). The van der Waals surface area contributed by atoms with Crippen LogP contribution in [0.15, 0.2) is 60.7 Å². The molecule has 4 heteroatoms. The summed E-state index contributed by atoms with van der Waals surface area (Å²) in [4.78, 5) is 4.94. The molecule has 0 aliphatic rings. The Bertz CT molecular complexity index is 1080. The van der Waals surface area contributed by atoms with Crippen LogP contribution in [0.4, 0.5) is 0 Å². The van der Waals surface area contributed by atoms with E-state index in [0.29, 0.717) is 6.61 Å². The van der Waals surface area contributed by atoms with Crippen LogP contribution in [0.2, 0.25) is 0 Å². The number of methoxy groups -OCH3 is 2. The molecule has 0 saturated heterocycles. The lowest BCUT2D eigenvalue weighted by molar-refractivity contribution is 0.187. The van der Waals surface area contributed by atoms with Crippen molar-refractivity contribution in [3.05, 3.63) is 72.1 Å². The van der Waals surface area contributed by atoms with E-state index >= 15 is 0 Å². The normalized spacial score (nSPS) is 12.6. The van der Waals surface area contributed by atoms with Gasteiger partial charge in [0.05, 0.1) is 24.8 Å². The topological polar surface area (TPSA) is 36.3 Å². The second-order valence-corrected chi connectivity index (χ2v) is 6.80. The minimum atomic E-state index is 0.181. The Labute approximate surface area is 159 Å². The third-order valence-electron chi connectivity index (χ3n) is 5.16. The van der Waals surface area contributed by atoms with Crippen LogP contribution in [0.1, 0.15) is 24.2 Å². The van der Waals surface area contributed by atoms with E-state index in [2.05, 4.69) is 60.0 Å². The number of hydrogen-bond donors (Lipinski definition) is 0. The summed E-state index contributed by atoms with van der Waals surface area (Å²) in [5.41, 5.74) is 3.43. The highest BCUT2D eigenvalue weighted by molar-refractivity contribution is 5.85. The third kappa shape index (κ3) is 3.28. The standard InChI is InChI=1S/C23H24N2O2/c1-16(17-8-9-19-15-20(27-3)11-10-18(19)14-17)23-24-21-6-4-5-7-22(21)25(23)12-13-26-2/h4-11,14-16H,12-13H2,1-3H3/t16-/m1/s1. The van der Waals surface area contributed by atoms with Crippen molar-refractivity contribution in [1.82, 2.24) is 9.55 Å². The quantitative estimate of drug-likeness (QED) is 0.486. The van der Waals surface area contributed by atoms with Gasteiger partial charge in [0, 0.05) is 19.6 Å². The Morgan fingerprint density at radius 1 is 0.963 bits per heavy atom. The fourth-order valence-electron chi connectivity index (χ4n) is 3.63. The van der Waals surface area contributed by atoms with Crippen molar-refractivity contribution in [3.63, 3.8) is 0 Å². The van der Waals surface area contributed by atoms with Crippen LogP contribution in [0, 0.1) is 0 Å². The molecule has 1 atom stereocenters. The van der Waals surface area contributed by atoms with Gasteiger partial charge in [0.25, 0.3) is 0 Å². The van der Waals surface area contributed by atoms with E-state index in [0.717, 1.165) is 29.2 Å². The molecular formula is C23H24N2O2. The van der Waals surface area contributed by atoms with Gasteiger partial charge in [-0.3, -0.25) is 0 Å². The number of ether oxygens (including phenoxy) is 2. The lowest BCUT2D eigenvalue weighted by atomic mass is 9.97. The first-order valence-corrected chi connectivity index (χ1v) is 9.23. The summed E-state index contributed by atoms with van der Waals surface area (Å²) < 4.78 is 12.9. The zero-order valence-corrected chi connectivity index (χ0v) is 16.0. The first-order chi connectivity index (χ1) is 13.2. The minimum absolute atomic E-state index is 0.181. The van der Waals surface area contributed by atoms with Gasteiger partial charge in [0.1, 0.15) is 11.6 Å². The predicted molar refractivity (Wildman–Crippen MR) is 110 cm³/mol. The van der Waals surface area contributed by atoms with E-state index in [9.17, 15) is 0 Å². The van der Waals surface area contributed by atoms with Gasteiger partial charge in [0.15, 0.2) is 0 Å². The highest BCUT2D eigenvalue weighted by Gasteiger charge is 2.18. The molecule has 0 radical (unpaired) electrons. The van der Waals surface area contributed by atoms with Gasteiger partial charge in [-0.25, -0.2) is 4.98 Å². The number of aromatic nitrogens is 2. The molecule has 3 aromatic carbocycles. The molecule has 0 fully saturated rings. The molecule has 1 heterocycles. The maximum atomic E-state index is 5.33. The van der Waals surface area contributed by atoms with Crippen molar-refractivity contribution in [1.29, 1.82) is 0 Å². The lowest BCUT2D eigenvalue weighted by Crippen LogP contribution is -2.11. The summed E-state index contributed by atoms with van der Waals surface area (Å²) >= 11 is 0. The summed E-state index contributed by atoms with van der Waals surface area (Å²) in [6.07, 6.45) is 0. The molecule has 138 valence electrons. The summed E-state index contributed by atoms with van der Waals surface area (Å²) in [7, 11) is 3.43. The molecule has 4 aromatic rings. The van der Waals surface area contributed by atoms with Gasteiger partial charge in [0.2, 0.25) is 0 Å². The molecule has 0 unspecified atom stereocenters. The van der Waals surface area contributed by atoms with Crippen LogP contribution in [-0.2, 0) is 11.3 Å². The van der Waals surface area contributed by atoms with Crippen molar-refractivity contribution in [3.8, 4) is 5.75 Å². The van der Waals surface area contributed by atoms with Crippen LogP contribution in [0.25, 0.3) is 21.8 Å². The van der Waals surface area contributed by atoms with E-state index in [1.54, 1.807) is 14.2 Å². The van der Waals surface area contributed by atoms with E-state index in [-0.39, 0.29) is 5.92 Å². The van der Waals surface area contributed by atoms with Crippen LogP contribution < -0.4 is 4.74 Å². The number of rotatable bonds is 6. The van der Waals surface area contributed by atoms with Crippen molar-refractivity contribution >= 4 is 21.8 Å². The largest absolute Gasteiger partial charge is 0.497 e. The second-order valence-electron chi connectivity index (χ2n) is 6.80. The van der Waals surface area contributed by atoms with Gasteiger partial charge in [-0.2, -0.15) is 0 Å². The molecule has 0 aliphatic carbocycles. The van der Waals surface area contributed by atoms with Crippen LogP contribution in [-0.4, -0.2) is 30.4 Å². The van der Waals surface area contributed by atoms with Crippen molar-refractivity contribution in [2.45, 2.75) is 19.4 Å². The Morgan fingerprint density at radius 3 is 2.56 bits per heavy atom. The molecule has 0 amide bonds. The number of benzene rings is 3. The lowest BCUT2D eigenvalue weighted by Gasteiger charge is -2.16. The summed E-state index contributed by atoms with van der Waals surface area (Å²) in [5.74, 6) is 2.13. The van der Waals surface area contributed by atoms with Crippen molar-refractivity contribution in [2.75, 3.05) is 20.8 Å². The van der Waals surface area contributed by atoms with Gasteiger partial charge in [-0.15, -0.1) is 0 Å².